The predicted molar refractivity (Wildman–Crippen MR) is 80.5 cm³/mol. The number of nitrogens with one attached hydrogen (secondary N) is 1. The molecule has 0 saturated carbocycles. The first kappa shape index (κ1) is 13.8. The maximum absolute atomic E-state index is 13.3. The van der Waals surface area contributed by atoms with Crippen molar-refractivity contribution in [3.63, 3.8) is 0 Å². The van der Waals surface area contributed by atoms with E-state index in [4.69, 9.17) is 5.73 Å². The molecule has 0 radical (unpaired) electrons. The van der Waals surface area contributed by atoms with Crippen molar-refractivity contribution in [3.8, 4) is 0 Å². The smallest absolute Gasteiger partial charge is 0.234 e. The van der Waals surface area contributed by atoms with Gasteiger partial charge in [0.05, 0.1) is 11.5 Å². The minimum absolute atomic E-state index is 0.0195. The first-order chi connectivity index (χ1) is 9.89. The van der Waals surface area contributed by atoms with Crippen LogP contribution in [0.4, 0.5) is 10.1 Å². The van der Waals surface area contributed by atoms with Crippen LogP contribution in [0.1, 0.15) is 36.6 Å². The molecule has 1 aliphatic rings. The molecule has 0 aliphatic carbocycles. The van der Waals surface area contributed by atoms with Gasteiger partial charge >= 0.3 is 0 Å². The monoisotopic (exact) mass is 284 g/mol. The van der Waals surface area contributed by atoms with Crippen LogP contribution in [-0.4, -0.2) is 5.91 Å². The second-order valence-electron chi connectivity index (χ2n) is 5.92. The number of carbonyl (C=O) groups excluding carboxylic acids is 1. The van der Waals surface area contributed by atoms with Gasteiger partial charge in [0.1, 0.15) is 5.82 Å². The highest BCUT2D eigenvalue weighted by Crippen LogP contribution is 2.38. The largest absolute Gasteiger partial charge is 0.325 e. The van der Waals surface area contributed by atoms with Crippen LogP contribution in [0.15, 0.2) is 42.5 Å². The fourth-order valence-corrected chi connectivity index (χ4v) is 2.67. The van der Waals surface area contributed by atoms with E-state index in [2.05, 4.69) is 5.32 Å². The Morgan fingerprint density at radius 1 is 1.14 bits per heavy atom. The van der Waals surface area contributed by atoms with Gasteiger partial charge in [-0.05, 0) is 48.7 Å². The lowest BCUT2D eigenvalue weighted by Crippen LogP contribution is -2.27. The van der Waals surface area contributed by atoms with Crippen molar-refractivity contribution < 1.29 is 9.18 Å². The van der Waals surface area contributed by atoms with Crippen molar-refractivity contribution in [2.24, 2.45) is 5.73 Å². The fourth-order valence-electron chi connectivity index (χ4n) is 2.67. The Labute approximate surface area is 123 Å². The van der Waals surface area contributed by atoms with Gasteiger partial charge in [-0.2, -0.15) is 0 Å². The second-order valence-corrected chi connectivity index (χ2v) is 5.92. The van der Waals surface area contributed by atoms with Crippen LogP contribution in [-0.2, 0) is 10.2 Å². The molecule has 3 rings (SSSR count). The molecule has 1 amide bonds. The molecule has 21 heavy (non-hydrogen) atoms. The third-order valence-electron chi connectivity index (χ3n) is 4.10. The van der Waals surface area contributed by atoms with Crippen LogP contribution in [0, 0.1) is 5.82 Å². The Morgan fingerprint density at radius 2 is 1.86 bits per heavy atom. The van der Waals surface area contributed by atoms with Crippen molar-refractivity contribution in [2.45, 2.75) is 25.3 Å². The number of carbonyl (C=O) groups is 1. The zero-order chi connectivity index (χ0) is 15.2. The summed E-state index contributed by atoms with van der Waals surface area (Å²) in [5.41, 5.74) is 8.98. The van der Waals surface area contributed by atoms with Gasteiger partial charge in [0.2, 0.25) is 5.91 Å². The molecule has 2 aromatic rings. The Kier molecular flexibility index (Phi) is 3.06. The van der Waals surface area contributed by atoms with E-state index in [1.54, 1.807) is 12.1 Å². The maximum atomic E-state index is 13.3. The highest BCUT2D eigenvalue weighted by molar-refractivity contribution is 6.05. The van der Waals surface area contributed by atoms with Gasteiger partial charge < -0.3 is 11.1 Å². The zero-order valence-corrected chi connectivity index (χ0v) is 12.0. The average Bonchev–Trinajstić information content (AvgIpc) is 2.68. The normalized spacial score (nSPS) is 17.2. The Bertz CT molecular complexity index is 724. The molecule has 1 aliphatic heterocycles. The summed E-state index contributed by atoms with van der Waals surface area (Å²) in [6.45, 7) is 3.76. The molecule has 0 saturated heterocycles. The van der Waals surface area contributed by atoms with E-state index >= 15 is 0 Å². The van der Waals surface area contributed by atoms with Crippen LogP contribution in [0.25, 0.3) is 0 Å². The van der Waals surface area contributed by atoms with Crippen LogP contribution >= 0.6 is 0 Å². The number of halogens is 1. The van der Waals surface area contributed by atoms with E-state index in [-0.39, 0.29) is 11.7 Å². The first-order valence-corrected chi connectivity index (χ1v) is 6.86. The fraction of sp³-hybridized carbons (Fsp3) is 0.235. The number of nitrogens with two attached hydrogens (primary N) is 1. The zero-order valence-electron chi connectivity index (χ0n) is 12.0. The number of rotatable bonds is 2. The van der Waals surface area contributed by atoms with E-state index in [9.17, 15) is 9.18 Å². The summed E-state index contributed by atoms with van der Waals surface area (Å²) in [5, 5.41) is 2.86. The molecule has 1 atom stereocenters. The lowest BCUT2D eigenvalue weighted by atomic mass is 9.84. The molecule has 2 aromatic carbocycles. The lowest BCUT2D eigenvalue weighted by Gasteiger charge is -2.18. The summed E-state index contributed by atoms with van der Waals surface area (Å²) in [6.07, 6.45) is 0. The number of amides is 1. The average molecular weight is 284 g/mol. The van der Waals surface area contributed by atoms with Crippen LogP contribution < -0.4 is 11.1 Å². The molecule has 1 heterocycles. The Balaban J connectivity index is 2.02. The number of fused-ring (bicyclic) bond motifs is 1. The minimum atomic E-state index is -0.576. The van der Waals surface area contributed by atoms with Gasteiger partial charge in [0.15, 0.2) is 0 Å². The van der Waals surface area contributed by atoms with Crippen LogP contribution in [0.2, 0.25) is 0 Å². The molecule has 0 spiro atoms. The topological polar surface area (TPSA) is 55.1 Å². The standard InChI is InChI=1S/C17H17FN2O/c1-17(2)13-9-11(6-7-14(13)20-16(17)21)15(19)10-4-3-5-12(18)8-10/h3-9,15H,19H2,1-2H3,(H,20,21). The van der Waals surface area contributed by atoms with Crippen LogP contribution in [0.3, 0.4) is 0 Å². The third-order valence-corrected chi connectivity index (χ3v) is 4.10. The predicted octanol–water partition coefficient (Wildman–Crippen LogP) is 3.10. The van der Waals surface area contributed by atoms with E-state index in [0.717, 1.165) is 16.8 Å². The molecular formula is C17H17FN2O. The summed E-state index contributed by atoms with van der Waals surface area (Å²) in [6, 6.07) is 11.5. The molecule has 3 N–H and O–H groups in total. The molecule has 0 bridgehead atoms. The number of hydrogen-bond donors (Lipinski definition) is 2. The molecule has 108 valence electrons. The van der Waals surface area contributed by atoms with E-state index in [1.807, 2.05) is 32.0 Å². The molecule has 0 fully saturated rings. The molecule has 1 unspecified atom stereocenters. The van der Waals surface area contributed by atoms with Gasteiger partial charge in [-0.25, -0.2) is 4.39 Å². The summed E-state index contributed by atoms with van der Waals surface area (Å²) in [5.74, 6) is -0.324. The molecular weight excluding hydrogens is 267 g/mol. The lowest BCUT2D eigenvalue weighted by molar-refractivity contribution is -0.119. The Morgan fingerprint density at radius 3 is 2.57 bits per heavy atom. The van der Waals surface area contributed by atoms with E-state index < -0.39 is 11.5 Å². The van der Waals surface area contributed by atoms with Crippen molar-refractivity contribution in [2.75, 3.05) is 5.32 Å². The summed E-state index contributed by atoms with van der Waals surface area (Å²) in [7, 11) is 0. The highest BCUT2D eigenvalue weighted by atomic mass is 19.1. The number of hydrogen-bond acceptors (Lipinski definition) is 2. The summed E-state index contributed by atoms with van der Waals surface area (Å²) < 4.78 is 13.3. The van der Waals surface area contributed by atoms with Gasteiger partial charge in [-0.3, -0.25) is 4.79 Å². The quantitative estimate of drug-likeness (QED) is 0.890. The minimum Gasteiger partial charge on any atom is -0.325 e. The van der Waals surface area contributed by atoms with Crippen molar-refractivity contribution in [3.05, 3.63) is 65.0 Å². The van der Waals surface area contributed by atoms with Crippen LogP contribution in [0.5, 0.6) is 0 Å². The second kappa shape index (κ2) is 4.67. The SMILES string of the molecule is CC1(C)C(=O)Nc2ccc(C(N)c3cccc(F)c3)cc21. The molecule has 0 aromatic heterocycles. The van der Waals surface area contributed by atoms with E-state index in [0.29, 0.717) is 5.56 Å². The summed E-state index contributed by atoms with van der Waals surface area (Å²) in [4.78, 5) is 12.0. The van der Waals surface area contributed by atoms with Crippen molar-refractivity contribution >= 4 is 11.6 Å². The summed E-state index contributed by atoms with van der Waals surface area (Å²) >= 11 is 0. The molecule has 3 nitrogen and oxygen atoms in total. The highest BCUT2D eigenvalue weighted by Gasteiger charge is 2.38. The van der Waals surface area contributed by atoms with Crippen molar-refractivity contribution in [1.29, 1.82) is 0 Å². The van der Waals surface area contributed by atoms with E-state index in [1.165, 1.54) is 12.1 Å². The van der Waals surface area contributed by atoms with Gasteiger partial charge in [-0.1, -0.05) is 24.3 Å². The number of anilines is 1. The third kappa shape index (κ3) is 2.21. The van der Waals surface area contributed by atoms with Gasteiger partial charge in [-0.15, -0.1) is 0 Å². The number of benzene rings is 2. The molecule has 4 heteroatoms. The van der Waals surface area contributed by atoms with Gasteiger partial charge in [0, 0.05) is 5.69 Å². The van der Waals surface area contributed by atoms with Gasteiger partial charge in [0.25, 0.3) is 0 Å². The van der Waals surface area contributed by atoms with Crippen molar-refractivity contribution in [1.82, 2.24) is 0 Å². The Hall–Kier alpha value is -2.20. The maximum Gasteiger partial charge on any atom is 0.234 e. The first-order valence-electron chi connectivity index (χ1n) is 6.86.